The Labute approximate surface area is 108 Å². The molecular weight excluding hydrogens is 258 g/mol. The lowest BCUT2D eigenvalue weighted by atomic mass is 9.85. The van der Waals surface area contributed by atoms with Gasteiger partial charge in [-0.05, 0) is 11.8 Å². The van der Waals surface area contributed by atoms with Gasteiger partial charge < -0.3 is 10.4 Å². The van der Waals surface area contributed by atoms with E-state index in [2.05, 4.69) is 5.32 Å². The summed E-state index contributed by atoms with van der Waals surface area (Å²) in [5.74, 6) is -1.16. The molecule has 0 aromatic carbocycles. The van der Waals surface area contributed by atoms with E-state index in [0.29, 0.717) is 6.42 Å². The van der Waals surface area contributed by atoms with Crippen LogP contribution in [0.25, 0.3) is 0 Å². The van der Waals surface area contributed by atoms with Crippen LogP contribution >= 0.6 is 0 Å². The van der Waals surface area contributed by atoms with Gasteiger partial charge in [-0.15, -0.1) is 0 Å². The standard InChI is InChI=1S/C11H21NO5S/c1-11(2,8-10(14)15)7-9(13)12-5-4-6-18(3,16)17/h4-8H2,1-3H3,(H,12,13)(H,14,15). The lowest BCUT2D eigenvalue weighted by Gasteiger charge is -2.21. The average molecular weight is 279 g/mol. The van der Waals surface area contributed by atoms with E-state index in [-0.39, 0.29) is 31.0 Å². The largest absolute Gasteiger partial charge is 0.481 e. The minimum absolute atomic E-state index is 0.0335. The van der Waals surface area contributed by atoms with Crippen LogP contribution in [0.3, 0.4) is 0 Å². The molecule has 0 aliphatic rings. The van der Waals surface area contributed by atoms with Gasteiger partial charge in [0.2, 0.25) is 5.91 Å². The summed E-state index contributed by atoms with van der Waals surface area (Å²) in [6.45, 7) is 3.70. The summed E-state index contributed by atoms with van der Waals surface area (Å²) in [4.78, 5) is 22.1. The number of rotatable bonds is 8. The number of sulfone groups is 1. The molecule has 7 heteroatoms. The molecule has 18 heavy (non-hydrogen) atoms. The number of aliphatic carboxylic acids is 1. The Morgan fingerprint density at radius 1 is 1.22 bits per heavy atom. The van der Waals surface area contributed by atoms with Crippen LogP contribution in [0.15, 0.2) is 0 Å². The molecule has 0 bridgehead atoms. The zero-order chi connectivity index (χ0) is 14.4. The van der Waals surface area contributed by atoms with Crippen molar-refractivity contribution in [1.29, 1.82) is 0 Å². The number of carboxylic acids is 1. The first-order valence-electron chi connectivity index (χ1n) is 5.68. The molecule has 106 valence electrons. The second-order valence-electron chi connectivity index (χ2n) is 5.24. The molecule has 0 spiro atoms. The highest BCUT2D eigenvalue weighted by Crippen LogP contribution is 2.24. The van der Waals surface area contributed by atoms with Crippen molar-refractivity contribution in [2.75, 3.05) is 18.6 Å². The summed E-state index contributed by atoms with van der Waals surface area (Å²) in [6, 6.07) is 0. The van der Waals surface area contributed by atoms with Crippen LogP contribution in [0, 0.1) is 5.41 Å². The first kappa shape index (κ1) is 16.9. The highest BCUT2D eigenvalue weighted by Gasteiger charge is 2.24. The molecule has 0 aromatic heterocycles. The lowest BCUT2D eigenvalue weighted by Crippen LogP contribution is -2.31. The van der Waals surface area contributed by atoms with Gasteiger partial charge in [0.25, 0.3) is 0 Å². The monoisotopic (exact) mass is 279 g/mol. The molecule has 0 saturated carbocycles. The molecule has 6 nitrogen and oxygen atoms in total. The fourth-order valence-electron chi connectivity index (χ4n) is 1.53. The number of amides is 1. The quantitative estimate of drug-likeness (QED) is 0.627. The summed E-state index contributed by atoms with van der Waals surface area (Å²) in [7, 11) is -3.00. The third-order valence-electron chi connectivity index (χ3n) is 2.28. The van der Waals surface area contributed by atoms with E-state index < -0.39 is 21.2 Å². The Kier molecular flexibility index (Phi) is 6.31. The van der Waals surface area contributed by atoms with Crippen LogP contribution < -0.4 is 5.32 Å². The van der Waals surface area contributed by atoms with E-state index in [9.17, 15) is 18.0 Å². The maximum absolute atomic E-state index is 11.5. The summed E-state index contributed by atoms with van der Waals surface area (Å²) in [5, 5.41) is 11.3. The molecule has 0 atom stereocenters. The Morgan fingerprint density at radius 2 is 1.78 bits per heavy atom. The molecular formula is C11H21NO5S. The molecule has 1 amide bonds. The van der Waals surface area contributed by atoms with Crippen molar-refractivity contribution in [1.82, 2.24) is 5.32 Å². The zero-order valence-corrected chi connectivity index (χ0v) is 11.8. The molecule has 2 N–H and O–H groups in total. The molecule has 0 saturated heterocycles. The highest BCUT2D eigenvalue weighted by atomic mass is 32.2. The first-order chi connectivity index (χ1) is 8.02. The minimum atomic E-state index is -3.00. The predicted octanol–water partition coefficient (Wildman–Crippen LogP) is 0.428. The van der Waals surface area contributed by atoms with Crippen molar-refractivity contribution >= 4 is 21.7 Å². The molecule has 0 aliphatic heterocycles. The van der Waals surface area contributed by atoms with E-state index in [1.54, 1.807) is 13.8 Å². The molecule has 0 fully saturated rings. The van der Waals surface area contributed by atoms with Crippen LogP contribution in [0.5, 0.6) is 0 Å². The Balaban J connectivity index is 3.94. The molecule has 0 rings (SSSR count). The van der Waals surface area contributed by atoms with Gasteiger partial charge >= 0.3 is 5.97 Å². The van der Waals surface area contributed by atoms with Gasteiger partial charge in [0, 0.05) is 19.2 Å². The number of hydrogen-bond donors (Lipinski definition) is 2. The van der Waals surface area contributed by atoms with Crippen molar-refractivity contribution in [3.63, 3.8) is 0 Å². The summed E-state index contributed by atoms with van der Waals surface area (Å²) < 4.78 is 21.7. The van der Waals surface area contributed by atoms with Crippen molar-refractivity contribution < 1.29 is 23.1 Å². The molecule has 0 radical (unpaired) electrons. The van der Waals surface area contributed by atoms with E-state index in [4.69, 9.17) is 5.11 Å². The predicted molar refractivity (Wildman–Crippen MR) is 68.0 cm³/mol. The lowest BCUT2D eigenvalue weighted by molar-refractivity contribution is -0.139. The summed E-state index contributed by atoms with van der Waals surface area (Å²) in [6.07, 6.45) is 1.54. The summed E-state index contributed by atoms with van der Waals surface area (Å²) in [5.41, 5.74) is -0.604. The number of hydrogen-bond acceptors (Lipinski definition) is 4. The fourth-order valence-corrected chi connectivity index (χ4v) is 2.20. The number of nitrogens with one attached hydrogen (secondary N) is 1. The van der Waals surface area contributed by atoms with E-state index in [1.807, 2.05) is 0 Å². The van der Waals surface area contributed by atoms with Gasteiger partial charge in [-0.2, -0.15) is 0 Å². The summed E-state index contributed by atoms with van der Waals surface area (Å²) >= 11 is 0. The smallest absolute Gasteiger partial charge is 0.303 e. The number of carbonyl (C=O) groups excluding carboxylic acids is 1. The zero-order valence-electron chi connectivity index (χ0n) is 11.0. The Hall–Kier alpha value is -1.11. The molecule has 0 aliphatic carbocycles. The van der Waals surface area contributed by atoms with Gasteiger partial charge in [0.05, 0.1) is 12.2 Å². The van der Waals surface area contributed by atoms with Gasteiger partial charge in [-0.3, -0.25) is 9.59 Å². The van der Waals surface area contributed by atoms with E-state index in [0.717, 1.165) is 6.26 Å². The van der Waals surface area contributed by atoms with E-state index >= 15 is 0 Å². The van der Waals surface area contributed by atoms with Crippen LogP contribution in [-0.2, 0) is 19.4 Å². The maximum Gasteiger partial charge on any atom is 0.303 e. The SMILES string of the molecule is CC(C)(CC(=O)O)CC(=O)NCCCS(C)(=O)=O. The second-order valence-corrected chi connectivity index (χ2v) is 7.50. The fraction of sp³-hybridized carbons (Fsp3) is 0.818. The average Bonchev–Trinajstić information content (AvgIpc) is 2.07. The van der Waals surface area contributed by atoms with Gasteiger partial charge in [0.15, 0.2) is 0 Å². The molecule has 0 aromatic rings. The van der Waals surface area contributed by atoms with E-state index in [1.165, 1.54) is 0 Å². The first-order valence-corrected chi connectivity index (χ1v) is 7.74. The third-order valence-corrected chi connectivity index (χ3v) is 3.31. The van der Waals surface area contributed by atoms with Crippen molar-refractivity contribution in [2.24, 2.45) is 5.41 Å². The van der Waals surface area contributed by atoms with Crippen LogP contribution in [0.4, 0.5) is 0 Å². The Morgan fingerprint density at radius 3 is 2.22 bits per heavy atom. The van der Waals surface area contributed by atoms with Crippen LogP contribution in [0.2, 0.25) is 0 Å². The van der Waals surface area contributed by atoms with Gasteiger partial charge in [0.1, 0.15) is 9.84 Å². The minimum Gasteiger partial charge on any atom is -0.481 e. The van der Waals surface area contributed by atoms with Gasteiger partial charge in [-0.25, -0.2) is 8.42 Å². The topological polar surface area (TPSA) is 101 Å². The van der Waals surface area contributed by atoms with Crippen LogP contribution in [-0.4, -0.2) is 44.0 Å². The van der Waals surface area contributed by atoms with Crippen LogP contribution in [0.1, 0.15) is 33.1 Å². The van der Waals surface area contributed by atoms with Crippen molar-refractivity contribution in [3.8, 4) is 0 Å². The number of carbonyl (C=O) groups is 2. The maximum atomic E-state index is 11.5. The molecule has 0 unspecified atom stereocenters. The highest BCUT2D eigenvalue weighted by molar-refractivity contribution is 7.90. The normalized spacial score (nSPS) is 12.2. The second kappa shape index (κ2) is 6.72. The van der Waals surface area contributed by atoms with Crippen molar-refractivity contribution in [2.45, 2.75) is 33.1 Å². The van der Waals surface area contributed by atoms with Crippen molar-refractivity contribution in [3.05, 3.63) is 0 Å². The Bertz CT molecular complexity index is 400. The third kappa shape index (κ3) is 10.1. The number of carboxylic acid groups (broad SMARTS) is 1. The van der Waals surface area contributed by atoms with Gasteiger partial charge in [-0.1, -0.05) is 13.8 Å². The molecule has 0 heterocycles.